The van der Waals surface area contributed by atoms with Crippen molar-refractivity contribution in [1.82, 2.24) is 4.90 Å². The lowest BCUT2D eigenvalue weighted by Gasteiger charge is -2.14. The van der Waals surface area contributed by atoms with Crippen molar-refractivity contribution in [1.29, 1.82) is 5.26 Å². The lowest BCUT2D eigenvalue weighted by Crippen LogP contribution is -2.23. The average molecular weight is 285 g/mol. The quantitative estimate of drug-likeness (QED) is 0.905. The van der Waals surface area contributed by atoms with Gasteiger partial charge in [-0.1, -0.05) is 19.9 Å². The summed E-state index contributed by atoms with van der Waals surface area (Å²) in [6.45, 7) is 7.86. The number of hydrogen-bond donors (Lipinski definition) is 1. The van der Waals surface area contributed by atoms with Gasteiger partial charge in [0.05, 0.1) is 11.6 Å². The highest BCUT2D eigenvalue weighted by Crippen LogP contribution is 2.22. The van der Waals surface area contributed by atoms with Crippen LogP contribution in [0.25, 0.3) is 0 Å². The van der Waals surface area contributed by atoms with Crippen LogP contribution in [0.15, 0.2) is 24.3 Å². The molecule has 2 atom stereocenters. The molecule has 112 valence electrons. The van der Waals surface area contributed by atoms with Crippen molar-refractivity contribution in [2.75, 3.05) is 25.0 Å². The monoisotopic (exact) mass is 285 g/mol. The summed E-state index contributed by atoms with van der Waals surface area (Å²) in [4.78, 5) is 14.3. The topological polar surface area (TPSA) is 56.1 Å². The summed E-state index contributed by atoms with van der Waals surface area (Å²) >= 11 is 0. The van der Waals surface area contributed by atoms with Crippen LogP contribution in [0, 0.1) is 23.2 Å². The zero-order valence-corrected chi connectivity index (χ0v) is 12.8. The molecule has 2 unspecified atom stereocenters. The predicted molar refractivity (Wildman–Crippen MR) is 83.8 cm³/mol. The smallest absolute Gasteiger partial charge is 0.224 e. The summed E-state index contributed by atoms with van der Waals surface area (Å²) in [5.41, 5.74) is 1.26. The van der Waals surface area contributed by atoms with E-state index in [4.69, 9.17) is 5.26 Å². The fourth-order valence-electron chi connectivity index (χ4n) is 2.78. The Morgan fingerprint density at radius 2 is 2.10 bits per heavy atom. The number of nitrogens with one attached hydrogen (secondary N) is 1. The number of likely N-dealkylation sites (tertiary alicyclic amines) is 1. The maximum Gasteiger partial charge on any atom is 0.224 e. The summed E-state index contributed by atoms with van der Waals surface area (Å²) in [6, 6.07) is 9.08. The zero-order valence-electron chi connectivity index (χ0n) is 12.8. The molecule has 1 N–H and O–H groups in total. The van der Waals surface area contributed by atoms with E-state index in [0.717, 1.165) is 37.9 Å². The minimum Gasteiger partial charge on any atom is -0.326 e. The van der Waals surface area contributed by atoms with Gasteiger partial charge in [-0.25, -0.2) is 0 Å². The lowest BCUT2D eigenvalue weighted by atomic mass is 10.0. The molecule has 0 spiro atoms. The summed E-state index contributed by atoms with van der Waals surface area (Å²) in [7, 11) is 0. The third-order valence-corrected chi connectivity index (χ3v) is 4.22. The first-order chi connectivity index (χ1) is 10.1. The molecule has 1 fully saturated rings. The van der Waals surface area contributed by atoms with Crippen LogP contribution < -0.4 is 5.32 Å². The number of nitrogens with zero attached hydrogens (tertiary/aromatic N) is 2. The summed E-state index contributed by atoms with van der Waals surface area (Å²) < 4.78 is 0. The minimum atomic E-state index is 0.0189. The predicted octanol–water partition coefficient (Wildman–Crippen LogP) is 2.86. The molecule has 1 saturated heterocycles. The van der Waals surface area contributed by atoms with Gasteiger partial charge < -0.3 is 10.2 Å². The SMILES string of the molecule is CC1CN(CCCC(=O)Nc2cccc(C#N)c2)CC1C. The number of nitriles is 1. The van der Waals surface area contributed by atoms with Gasteiger partial charge in [-0.3, -0.25) is 4.79 Å². The van der Waals surface area contributed by atoms with Gasteiger partial charge >= 0.3 is 0 Å². The van der Waals surface area contributed by atoms with Crippen LogP contribution in [-0.2, 0) is 4.79 Å². The zero-order chi connectivity index (χ0) is 15.2. The second kappa shape index (κ2) is 7.24. The Bertz CT molecular complexity index is 525. The molecule has 1 aliphatic rings. The van der Waals surface area contributed by atoms with Crippen LogP contribution in [0.1, 0.15) is 32.3 Å². The van der Waals surface area contributed by atoms with E-state index in [9.17, 15) is 4.79 Å². The Morgan fingerprint density at radius 3 is 2.76 bits per heavy atom. The lowest BCUT2D eigenvalue weighted by molar-refractivity contribution is -0.116. The molecule has 1 aromatic carbocycles. The highest BCUT2D eigenvalue weighted by molar-refractivity contribution is 5.90. The Labute approximate surface area is 126 Å². The minimum absolute atomic E-state index is 0.0189. The molecule has 1 aromatic rings. The van der Waals surface area contributed by atoms with E-state index in [1.54, 1.807) is 18.2 Å². The van der Waals surface area contributed by atoms with Gasteiger partial charge in [-0.2, -0.15) is 5.26 Å². The van der Waals surface area contributed by atoms with Gasteiger partial charge in [-0.05, 0) is 43.0 Å². The van der Waals surface area contributed by atoms with Crippen LogP contribution in [-0.4, -0.2) is 30.4 Å². The van der Waals surface area contributed by atoms with Crippen molar-refractivity contribution >= 4 is 11.6 Å². The third-order valence-electron chi connectivity index (χ3n) is 4.22. The molecular weight excluding hydrogens is 262 g/mol. The van der Waals surface area contributed by atoms with Crippen molar-refractivity contribution in [2.45, 2.75) is 26.7 Å². The van der Waals surface area contributed by atoms with Gasteiger partial charge in [0.2, 0.25) is 5.91 Å². The summed E-state index contributed by atoms with van der Waals surface area (Å²) in [5.74, 6) is 1.53. The Hall–Kier alpha value is -1.86. The van der Waals surface area contributed by atoms with Crippen LogP contribution in [0.5, 0.6) is 0 Å². The number of rotatable bonds is 5. The third kappa shape index (κ3) is 4.57. The van der Waals surface area contributed by atoms with E-state index in [1.165, 1.54) is 0 Å². The first-order valence-corrected chi connectivity index (χ1v) is 7.61. The van der Waals surface area contributed by atoms with E-state index in [2.05, 4.69) is 30.1 Å². The molecule has 0 aromatic heterocycles. The van der Waals surface area contributed by atoms with Crippen molar-refractivity contribution in [3.05, 3.63) is 29.8 Å². The highest BCUT2D eigenvalue weighted by Gasteiger charge is 2.25. The van der Waals surface area contributed by atoms with Crippen molar-refractivity contribution in [3.8, 4) is 6.07 Å². The molecule has 0 radical (unpaired) electrons. The second-order valence-electron chi connectivity index (χ2n) is 6.06. The molecular formula is C17H23N3O. The van der Waals surface area contributed by atoms with Crippen molar-refractivity contribution in [3.63, 3.8) is 0 Å². The Balaban J connectivity index is 1.71. The number of benzene rings is 1. The number of hydrogen-bond acceptors (Lipinski definition) is 3. The van der Waals surface area contributed by atoms with E-state index in [0.29, 0.717) is 17.7 Å². The molecule has 0 bridgehead atoms. The molecule has 4 nitrogen and oxygen atoms in total. The Kier molecular flexibility index (Phi) is 5.35. The molecule has 21 heavy (non-hydrogen) atoms. The van der Waals surface area contributed by atoms with Gasteiger partial charge in [0.1, 0.15) is 0 Å². The summed E-state index contributed by atoms with van der Waals surface area (Å²) in [6.07, 6.45) is 1.40. The largest absolute Gasteiger partial charge is 0.326 e. The van der Waals surface area contributed by atoms with Crippen LogP contribution >= 0.6 is 0 Å². The van der Waals surface area contributed by atoms with Crippen LogP contribution in [0.2, 0.25) is 0 Å². The number of anilines is 1. The van der Waals surface area contributed by atoms with Gasteiger partial charge in [0, 0.05) is 25.2 Å². The first kappa shape index (κ1) is 15.5. The number of carbonyl (C=O) groups excluding carboxylic acids is 1. The molecule has 1 heterocycles. The maximum atomic E-state index is 11.9. The first-order valence-electron chi connectivity index (χ1n) is 7.61. The average Bonchev–Trinajstić information content (AvgIpc) is 2.78. The molecule has 2 rings (SSSR count). The molecule has 1 aliphatic heterocycles. The molecule has 0 aliphatic carbocycles. The van der Waals surface area contributed by atoms with E-state index in [-0.39, 0.29) is 5.91 Å². The normalized spacial score (nSPS) is 22.0. The van der Waals surface area contributed by atoms with Crippen LogP contribution in [0.3, 0.4) is 0 Å². The standard InChI is InChI=1S/C17H23N3O/c1-13-11-20(12-14(13)2)8-4-7-17(21)19-16-6-3-5-15(9-16)10-18/h3,5-6,9,13-14H,4,7-8,11-12H2,1-2H3,(H,19,21). The number of carbonyl (C=O) groups is 1. The van der Waals surface area contributed by atoms with E-state index >= 15 is 0 Å². The fraction of sp³-hybridized carbons (Fsp3) is 0.529. The van der Waals surface area contributed by atoms with Gasteiger partial charge in [0.25, 0.3) is 0 Å². The molecule has 0 saturated carbocycles. The second-order valence-corrected chi connectivity index (χ2v) is 6.06. The molecule has 4 heteroatoms. The number of amides is 1. The van der Waals surface area contributed by atoms with E-state index < -0.39 is 0 Å². The van der Waals surface area contributed by atoms with Crippen molar-refractivity contribution < 1.29 is 4.79 Å². The van der Waals surface area contributed by atoms with Gasteiger partial charge in [-0.15, -0.1) is 0 Å². The highest BCUT2D eigenvalue weighted by atomic mass is 16.1. The Morgan fingerprint density at radius 1 is 1.38 bits per heavy atom. The van der Waals surface area contributed by atoms with Crippen molar-refractivity contribution in [2.24, 2.45) is 11.8 Å². The van der Waals surface area contributed by atoms with Gasteiger partial charge in [0.15, 0.2) is 0 Å². The fourth-order valence-corrected chi connectivity index (χ4v) is 2.78. The molecule has 1 amide bonds. The maximum absolute atomic E-state index is 11.9. The van der Waals surface area contributed by atoms with E-state index in [1.807, 2.05) is 6.07 Å². The van der Waals surface area contributed by atoms with Crippen LogP contribution in [0.4, 0.5) is 5.69 Å². The summed E-state index contributed by atoms with van der Waals surface area (Å²) in [5, 5.41) is 11.7.